The molecule has 3 saturated heterocycles. The summed E-state index contributed by atoms with van der Waals surface area (Å²) < 4.78 is 11.1. The highest BCUT2D eigenvalue weighted by Gasteiger charge is 2.37. The maximum Gasteiger partial charge on any atom is 0.414 e. The fourth-order valence-electron chi connectivity index (χ4n) is 5.59. The number of hydrogen-bond acceptors (Lipinski definition) is 9. The molecule has 3 aliphatic rings. The third kappa shape index (κ3) is 7.77. The number of ether oxygens (including phenoxy) is 2. The van der Waals surface area contributed by atoms with E-state index in [0.717, 1.165) is 16.2 Å². The van der Waals surface area contributed by atoms with Crippen LogP contribution in [0.5, 0.6) is 0 Å². The van der Waals surface area contributed by atoms with Gasteiger partial charge in [-0.2, -0.15) is 0 Å². The van der Waals surface area contributed by atoms with Gasteiger partial charge in [-0.05, 0) is 62.1 Å². The number of nitrogens with one attached hydrogen (secondary N) is 1. The summed E-state index contributed by atoms with van der Waals surface area (Å²) >= 11 is 7.07. The molecule has 5 rings (SSSR count). The first-order valence-corrected chi connectivity index (χ1v) is 16.2. The van der Waals surface area contributed by atoms with Crippen molar-refractivity contribution in [3.8, 4) is 0 Å². The van der Waals surface area contributed by atoms with Gasteiger partial charge in [-0.3, -0.25) is 24.2 Å². The Kier molecular flexibility index (Phi) is 10.8. The molecule has 16 heteroatoms. The molecule has 2 atom stereocenters. The van der Waals surface area contributed by atoms with Crippen molar-refractivity contribution in [2.24, 2.45) is 0 Å². The maximum atomic E-state index is 13.4. The van der Waals surface area contributed by atoms with Crippen LogP contribution in [0.2, 0.25) is 4.34 Å². The van der Waals surface area contributed by atoms with Crippen molar-refractivity contribution < 1.29 is 43.3 Å². The van der Waals surface area contributed by atoms with Crippen LogP contribution in [0.15, 0.2) is 36.4 Å². The number of likely N-dealkylation sites (tertiary alicyclic amines) is 1. The van der Waals surface area contributed by atoms with Gasteiger partial charge in [0.05, 0.1) is 28.9 Å². The number of carboxylic acids is 1. The van der Waals surface area contributed by atoms with Crippen molar-refractivity contribution in [3.63, 3.8) is 0 Å². The summed E-state index contributed by atoms with van der Waals surface area (Å²) in [6.45, 7) is 1.40. The number of aliphatic carboxylic acids is 1. The van der Waals surface area contributed by atoms with Crippen LogP contribution in [-0.2, 0) is 23.9 Å². The van der Waals surface area contributed by atoms with Crippen LogP contribution in [0.25, 0.3) is 0 Å². The van der Waals surface area contributed by atoms with Gasteiger partial charge in [-0.1, -0.05) is 11.6 Å². The van der Waals surface area contributed by atoms with Gasteiger partial charge < -0.3 is 29.7 Å². The molecule has 0 radical (unpaired) electrons. The van der Waals surface area contributed by atoms with E-state index in [-0.39, 0.29) is 43.4 Å². The zero-order valence-electron chi connectivity index (χ0n) is 24.9. The number of anilines is 2. The van der Waals surface area contributed by atoms with Crippen molar-refractivity contribution in [2.45, 2.75) is 44.2 Å². The first kappa shape index (κ1) is 33.2. The average Bonchev–Trinajstić information content (AvgIpc) is 3.79. The van der Waals surface area contributed by atoms with E-state index in [1.54, 1.807) is 35.2 Å². The number of amides is 6. The fourth-order valence-corrected chi connectivity index (χ4v) is 6.59. The molecule has 0 bridgehead atoms. The monoisotopic (exact) mass is 675 g/mol. The van der Waals surface area contributed by atoms with Gasteiger partial charge in [0.15, 0.2) is 0 Å². The van der Waals surface area contributed by atoms with Crippen molar-refractivity contribution in [3.05, 3.63) is 45.6 Å². The number of halogens is 1. The van der Waals surface area contributed by atoms with Crippen LogP contribution in [0.3, 0.4) is 0 Å². The number of morpholine rings is 1. The Morgan fingerprint density at radius 2 is 1.76 bits per heavy atom. The minimum absolute atomic E-state index is 0.00567. The zero-order chi connectivity index (χ0) is 32.8. The van der Waals surface area contributed by atoms with Gasteiger partial charge >= 0.3 is 18.1 Å². The van der Waals surface area contributed by atoms with Crippen LogP contribution in [0.4, 0.5) is 21.0 Å². The lowest BCUT2D eigenvalue weighted by atomic mass is 10.2. The van der Waals surface area contributed by atoms with Crippen LogP contribution in [0.1, 0.15) is 41.8 Å². The summed E-state index contributed by atoms with van der Waals surface area (Å²) in [5.74, 6) is -2.22. The second kappa shape index (κ2) is 14.9. The van der Waals surface area contributed by atoms with Crippen LogP contribution < -0.4 is 15.1 Å². The molecule has 246 valence electrons. The summed E-state index contributed by atoms with van der Waals surface area (Å²) in [6, 6.07) is 8.66. The van der Waals surface area contributed by atoms with Gasteiger partial charge in [0.2, 0.25) is 5.91 Å². The lowest BCUT2D eigenvalue weighted by Gasteiger charge is -2.27. The van der Waals surface area contributed by atoms with E-state index in [1.807, 2.05) is 0 Å². The Labute approximate surface area is 273 Å². The number of carbonyl (C=O) groups is 6. The molecule has 4 heterocycles. The van der Waals surface area contributed by atoms with Crippen molar-refractivity contribution in [2.75, 3.05) is 55.7 Å². The second-order valence-corrected chi connectivity index (χ2v) is 12.7. The van der Waals surface area contributed by atoms with Crippen LogP contribution in [-0.4, -0.2) is 109 Å². The third-order valence-corrected chi connectivity index (χ3v) is 9.16. The van der Waals surface area contributed by atoms with Gasteiger partial charge in [0.1, 0.15) is 18.8 Å². The molecular weight excluding hydrogens is 642 g/mol. The summed E-state index contributed by atoms with van der Waals surface area (Å²) in [4.78, 5) is 81.1. The quantitative estimate of drug-likeness (QED) is 0.340. The molecule has 2 N–H and O–H groups in total. The van der Waals surface area contributed by atoms with Crippen LogP contribution >= 0.6 is 22.9 Å². The van der Waals surface area contributed by atoms with Crippen molar-refractivity contribution in [1.29, 1.82) is 0 Å². The largest absolute Gasteiger partial charge is 0.480 e. The second-order valence-electron chi connectivity index (χ2n) is 11.0. The standard InChI is InChI=1S/C30H34ClN5O9S/c31-24-11-10-23(46-24)27(39)36(25(37)5-1-2-12-32-29(42)34-13-3-4-22(34)28(40)41)17-21-16-35(30(43)45-21)20-8-6-19(7-9-20)33-14-15-44-18-26(33)38/h6-11,21-22H,1-5,12-18H2,(H,32,42)(H,40,41)/t21-,22+/m1/s1. The van der Waals surface area contributed by atoms with E-state index in [9.17, 15) is 33.9 Å². The molecule has 6 amide bonds. The number of unbranched alkanes of at least 4 members (excludes halogenated alkanes) is 1. The molecule has 0 aliphatic carbocycles. The first-order chi connectivity index (χ1) is 22.1. The number of benzene rings is 1. The Morgan fingerprint density at radius 3 is 2.43 bits per heavy atom. The predicted molar refractivity (Wildman–Crippen MR) is 167 cm³/mol. The molecule has 46 heavy (non-hydrogen) atoms. The van der Waals surface area contributed by atoms with Crippen LogP contribution in [0, 0.1) is 0 Å². The molecule has 0 saturated carbocycles. The van der Waals surface area contributed by atoms with E-state index in [0.29, 0.717) is 61.1 Å². The smallest absolute Gasteiger partial charge is 0.414 e. The summed E-state index contributed by atoms with van der Waals surface area (Å²) in [5, 5.41) is 12.0. The number of imide groups is 1. The van der Waals surface area contributed by atoms with Gasteiger partial charge in [-0.25, -0.2) is 14.4 Å². The van der Waals surface area contributed by atoms with E-state index in [4.69, 9.17) is 21.1 Å². The highest BCUT2D eigenvalue weighted by Crippen LogP contribution is 2.28. The molecule has 14 nitrogen and oxygen atoms in total. The number of cyclic esters (lactones) is 1. The van der Waals surface area contributed by atoms with Crippen molar-refractivity contribution in [1.82, 2.24) is 15.1 Å². The van der Waals surface area contributed by atoms with E-state index in [1.165, 1.54) is 15.9 Å². The zero-order valence-corrected chi connectivity index (χ0v) is 26.5. The molecule has 3 aliphatic heterocycles. The fraction of sp³-hybridized carbons (Fsp3) is 0.467. The number of rotatable bonds is 11. The Bertz CT molecular complexity index is 1490. The summed E-state index contributed by atoms with van der Waals surface area (Å²) in [5.41, 5.74) is 1.22. The minimum Gasteiger partial charge on any atom is -0.480 e. The number of carbonyl (C=O) groups excluding carboxylic acids is 5. The highest BCUT2D eigenvalue weighted by atomic mass is 35.5. The lowest BCUT2D eigenvalue weighted by molar-refractivity contribution is -0.141. The van der Waals surface area contributed by atoms with Gasteiger partial charge in [-0.15, -0.1) is 11.3 Å². The van der Waals surface area contributed by atoms with E-state index < -0.39 is 42.1 Å². The first-order valence-electron chi connectivity index (χ1n) is 15.0. The number of carboxylic acid groups (broad SMARTS) is 1. The van der Waals surface area contributed by atoms with Gasteiger partial charge in [0, 0.05) is 37.4 Å². The molecular formula is C30H34ClN5O9S. The van der Waals surface area contributed by atoms with E-state index in [2.05, 4.69) is 5.32 Å². The minimum atomic E-state index is -1.04. The number of nitrogens with zero attached hydrogens (tertiary/aromatic N) is 4. The molecule has 1 aromatic heterocycles. The normalized spacial score (nSPS) is 19.7. The molecule has 0 unspecified atom stereocenters. The molecule has 3 fully saturated rings. The summed E-state index contributed by atoms with van der Waals surface area (Å²) in [6.07, 6.45) is 0.383. The maximum absolute atomic E-state index is 13.4. The molecule has 1 aromatic carbocycles. The van der Waals surface area contributed by atoms with E-state index >= 15 is 0 Å². The SMILES string of the molecule is O=C(O)[C@@H]1CCCN1C(=O)NCCCCC(=O)N(C[C@H]1CN(c2ccc(N3CCOCC3=O)cc2)C(=O)O1)C(=O)c1ccc(Cl)s1. The Balaban J connectivity index is 1.17. The number of thiophene rings is 1. The Hall–Kier alpha value is -4.21. The van der Waals surface area contributed by atoms with Gasteiger partial charge in [0.25, 0.3) is 11.8 Å². The number of urea groups is 1. The molecule has 2 aromatic rings. The molecule has 0 spiro atoms. The Morgan fingerprint density at radius 1 is 1.02 bits per heavy atom. The topological polar surface area (TPSA) is 166 Å². The van der Waals surface area contributed by atoms with Crippen molar-refractivity contribution >= 4 is 70.1 Å². The predicted octanol–water partition coefficient (Wildman–Crippen LogP) is 3.19. The average molecular weight is 676 g/mol. The third-order valence-electron chi connectivity index (χ3n) is 7.94. The highest BCUT2D eigenvalue weighted by molar-refractivity contribution is 7.18. The number of hydrogen-bond donors (Lipinski definition) is 2. The lowest BCUT2D eigenvalue weighted by Crippen LogP contribution is -2.46. The summed E-state index contributed by atoms with van der Waals surface area (Å²) in [7, 11) is 0.